The fraction of sp³-hybridized carbons (Fsp3) is 0.312. The number of rotatable bonds is 6. The van der Waals surface area contributed by atoms with Crippen molar-refractivity contribution >= 4 is 52.8 Å². The zero-order chi connectivity index (χ0) is 18.4. The van der Waals surface area contributed by atoms with Crippen molar-refractivity contribution in [2.24, 2.45) is 0 Å². The molecule has 1 amide bonds. The number of hydrogen-bond acceptors (Lipinski definition) is 6. The molecule has 9 heteroatoms. The Morgan fingerprint density at radius 3 is 2.56 bits per heavy atom. The molecule has 2 rings (SSSR count). The molecule has 25 heavy (non-hydrogen) atoms. The summed E-state index contributed by atoms with van der Waals surface area (Å²) in [7, 11) is 0. The van der Waals surface area contributed by atoms with Crippen LogP contribution in [-0.4, -0.2) is 48.3 Å². The largest absolute Gasteiger partial charge is 0.463 e. The number of hydrogen-bond donors (Lipinski definition) is 0. The normalized spacial score (nSPS) is 15.6. The summed E-state index contributed by atoms with van der Waals surface area (Å²) < 4.78 is 9.98. The molecular formula is C16H15Cl2NO5S. The van der Waals surface area contributed by atoms with Gasteiger partial charge in [0.1, 0.15) is 6.61 Å². The number of amides is 1. The lowest BCUT2D eigenvalue weighted by atomic mass is 10.2. The highest BCUT2D eigenvalue weighted by Gasteiger charge is 2.27. The highest BCUT2D eigenvalue weighted by Crippen LogP contribution is 2.28. The molecular weight excluding hydrogens is 389 g/mol. The number of ether oxygens (including phenoxy) is 2. The van der Waals surface area contributed by atoms with Crippen molar-refractivity contribution in [2.45, 2.75) is 6.92 Å². The molecule has 0 spiro atoms. The smallest absolute Gasteiger partial charge is 0.338 e. The summed E-state index contributed by atoms with van der Waals surface area (Å²) in [5, 5.41) is 1.13. The predicted octanol–water partition coefficient (Wildman–Crippen LogP) is 3.13. The number of esters is 2. The van der Waals surface area contributed by atoms with Gasteiger partial charge in [-0.1, -0.05) is 35.0 Å². The van der Waals surface area contributed by atoms with E-state index in [0.717, 1.165) is 0 Å². The Morgan fingerprint density at radius 2 is 1.92 bits per heavy atom. The van der Waals surface area contributed by atoms with E-state index in [-0.39, 0.29) is 37.0 Å². The maximum Gasteiger partial charge on any atom is 0.338 e. The van der Waals surface area contributed by atoms with Crippen molar-refractivity contribution in [2.75, 3.05) is 25.5 Å². The lowest BCUT2D eigenvalue weighted by Gasteiger charge is -2.16. The molecule has 0 saturated carbocycles. The number of nitrogens with zero attached hydrogens (tertiary/aromatic N) is 1. The number of benzene rings is 1. The quantitative estimate of drug-likeness (QED) is 0.536. The molecule has 134 valence electrons. The van der Waals surface area contributed by atoms with E-state index in [0.29, 0.717) is 15.1 Å². The summed E-state index contributed by atoms with van der Waals surface area (Å²) in [6, 6.07) is 4.39. The van der Waals surface area contributed by atoms with Crippen molar-refractivity contribution in [1.82, 2.24) is 4.90 Å². The second-order valence-corrected chi connectivity index (χ2v) is 6.73. The topological polar surface area (TPSA) is 72.9 Å². The van der Waals surface area contributed by atoms with Crippen LogP contribution in [-0.2, 0) is 19.1 Å². The molecule has 0 aliphatic carbocycles. The van der Waals surface area contributed by atoms with E-state index >= 15 is 0 Å². The number of carbonyl (C=O) groups excluding carboxylic acids is 3. The van der Waals surface area contributed by atoms with Crippen LogP contribution in [0.4, 0.5) is 0 Å². The van der Waals surface area contributed by atoms with E-state index in [2.05, 4.69) is 0 Å². The lowest BCUT2D eigenvalue weighted by Crippen LogP contribution is -2.29. The molecule has 1 saturated heterocycles. The van der Waals surface area contributed by atoms with Gasteiger partial charge in [0.2, 0.25) is 5.91 Å². The Kier molecular flexibility index (Phi) is 7.16. The van der Waals surface area contributed by atoms with Gasteiger partial charge in [0.15, 0.2) is 0 Å². The summed E-state index contributed by atoms with van der Waals surface area (Å²) in [5.41, 5.74) is 0.224. The molecule has 1 aromatic carbocycles. The first-order valence-electron chi connectivity index (χ1n) is 7.35. The first-order chi connectivity index (χ1) is 11.9. The van der Waals surface area contributed by atoms with Gasteiger partial charge in [-0.2, -0.15) is 0 Å². The third kappa shape index (κ3) is 5.66. The highest BCUT2D eigenvalue weighted by atomic mass is 35.5. The fourth-order valence-electron chi connectivity index (χ4n) is 2.04. The molecule has 0 N–H and O–H groups in total. The second-order valence-electron chi connectivity index (χ2n) is 4.86. The van der Waals surface area contributed by atoms with Gasteiger partial charge < -0.3 is 14.4 Å². The Balaban J connectivity index is 1.93. The fourth-order valence-corrected chi connectivity index (χ4v) is 3.52. The monoisotopic (exact) mass is 403 g/mol. The molecule has 0 bridgehead atoms. The minimum Gasteiger partial charge on any atom is -0.463 e. The van der Waals surface area contributed by atoms with Crippen molar-refractivity contribution < 1.29 is 23.9 Å². The summed E-state index contributed by atoms with van der Waals surface area (Å²) >= 11 is 12.9. The van der Waals surface area contributed by atoms with Gasteiger partial charge >= 0.3 is 11.9 Å². The van der Waals surface area contributed by atoms with Gasteiger partial charge in [0.05, 0.1) is 35.6 Å². The summed E-state index contributed by atoms with van der Waals surface area (Å²) in [6.07, 6.45) is 1.26. The lowest BCUT2D eigenvalue weighted by molar-refractivity contribution is -0.137. The van der Waals surface area contributed by atoms with Gasteiger partial charge in [0, 0.05) is 10.0 Å². The van der Waals surface area contributed by atoms with Crippen LogP contribution < -0.4 is 0 Å². The van der Waals surface area contributed by atoms with Crippen molar-refractivity contribution in [3.8, 4) is 0 Å². The third-order valence-corrected chi connectivity index (χ3v) is 4.55. The molecule has 0 unspecified atom stereocenters. The predicted molar refractivity (Wildman–Crippen MR) is 95.6 cm³/mol. The summed E-state index contributed by atoms with van der Waals surface area (Å²) in [4.78, 5) is 36.8. The first kappa shape index (κ1) is 19.6. The van der Waals surface area contributed by atoms with Gasteiger partial charge in [0.25, 0.3) is 0 Å². The Morgan fingerprint density at radius 1 is 1.24 bits per heavy atom. The molecule has 1 heterocycles. The second kappa shape index (κ2) is 9.12. The van der Waals surface area contributed by atoms with Crippen LogP contribution in [0.1, 0.15) is 17.3 Å². The van der Waals surface area contributed by atoms with E-state index in [1.807, 2.05) is 0 Å². The van der Waals surface area contributed by atoms with Crippen LogP contribution in [0, 0.1) is 0 Å². The molecule has 6 nitrogen and oxygen atoms in total. The Bertz CT molecular complexity index is 702. The number of carbonyl (C=O) groups is 3. The van der Waals surface area contributed by atoms with Crippen LogP contribution >= 0.6 is 35.0 Å². The highest BCUT2D eigenvalue weighted by molar-refractivity contribution is 8.04. The molecule has 1 aliphatic heterocycles. The zero-order valence-corrected chi connectivity index (χ0v) is 15.6. The van der Waals surface area contributed by atoms with Crippen molar-refractivity contribution in [1.29, 1.82) is 0 Å². The minimum absolute atomic E-state index is 0.0323. The zero-order valence-electron chi connectivity index (χ0n) is 13.3. The van der Waals surface area contributed by atoms with Gasteiger partial charge in [-0.05, 0) is 25.1 Å². The molecule has 0 aromatic heterocycles. The maximum absolute atomic E-state index is 12.0. The molecule has 1 aromatic rings. The molecule has 1 aliphatic rings. The van der Waals surface area contributed by atoms with Crippen molar-refractivity contribution in [3.05, 3.63) is 44.9 Å². The standard InChI is InChI=1S/C16H15Cl2NO5S/c1-2-23-15(21)8-14-19(13(20)9-25-14)3-4-24-16(22)10-5-11(17)7-12(18)6-10/h5-8H,2-4,9H2,1H3/b14-8-. The number of halogens is 2. The summed E-state index contributed by atoms with van der Waals surface area (Å²) in [6.45, 7) is 2.05. The third-order valence-electron chi connectivity index (χ3n) is 3.08. The van der Waals surface area contributed by atoms with Crippen LogP contribution in [0.2, 0.25) is 10.0 Å². The van der Waals surface area contributed by atoms with Gasteiger partial charge in [-0.25, -0.2) is 9.59 Å². The van der Waals surface area contributed by atoms with E-state index in [4.69, 9.17) is 32.7 Å². The Hall–Kier alpha value is -1.70. The van der Waals surface area contributed by atoms with Crippen LogP contribution in [0.3, 0.4) is 0 Å². The molecule has 1 fully saturated rings. The van der Waals surface area contributed by atoms with Gasteiger partial charge in [-0.3, -0.25) is 4.79 Å². The van der Waals surface area contributed by atoms with E-state index in [9.17, 15) is 14.4 Å². The van der Waals surface area contributed by atoms with E-state index in [1.165, 1.54) is 40.9 Å². The summed E-state index contributed by atoms with van der Waals surface area (Å²) in [5.74, 6) is -1.06. The van der Waals surface area contributed by atoms with Gasteiger partial charge in [-0.15, -0.1) is 0 Å². The maximum atomic E-state index is 12.0. The molecule has 0 radical (unpaired) electrons. The number of thioether (sulfide) groups is 1. The van der Waals surface area contributed by atoms with E-state index < -0.39 is 11.9 Å². The van der Waals surface area contributed by atoms with E-state index in [1.54, 1.807) is 6.92 Å². The molecule has 0 atom stereocenters. The van der Waals surface area contributed by atoms with Crippen molar-refractivity contribution in [3.63, 3.8) is 0 Å². The SMILES string of the molecule is CCOC(=O)/C=C1\SCC(=O)N1CCOC(=O)c1cc(Cl)cc(Cl)c1. The minimum atomic E-state index is -0.598. The average molecular weight is 404 g/mol. The van der Waals surface area contributed by atoms with Crippen LogP contribution in [0.25, 0.3) is 0 Å². The Labute approximate surface area is 159 Å². The van der Waals surface area contributed by atoms with Crippen LogP contribution in [0.15, 0.2) is 29.3 Å². The average Bonchev–Trinajstić information content (AvgIpc) is 2.87. The first-order valence-corrected chi connectivity index (χ1v) is 9.09. The van der Waals surface area contributed by atoms with Crippen LogP contribution in [0.5, 0.6) is 0 Å².